The molecule has 1 amide bonds. The third kappa shape index (κ3) is 2.81. The van der Waals surface area contributed by atoms with Gasteiger partial charge in [-0.3, -0.25) is 4.79 Å². The Bertz CT molecular complexity index is 530. The lowest BCUT2D eigenvalue weighted by Crippen LogP contribution is -2.35. The van der Waals surface area contributed by atoms with E-state index in [-0.39, 0.29) is 23.2 Å². The number of nitriles is 1. The van der Waals surface area contributed by atoms with E-state index in [4.69, 9.17) is 5.26 Å². The number of nitrogens with zero attached hydrogens (tertiary/aromatic N) is 2. The number of amides is 1. The number of anilines is 1. The second-order valence-corrected chi connectivity index (χ2v) is 4.53. The Morgan fingerprint density at radius 2 is 2.11 bits per heavy atom. The Morgan fingerprint density at radius 1 is 1.47 bits per heavy atom. The number of rotatable bonds is 2. The number of benzene rings is 1. The van der Waals surface area contributed by atoms with Gasteiger partial charge in [0.05, 0.1) is 11.6 Å². The Hall–Kier alpha value is -2.16. The zero-order valence-electron chi connectivity index (χ0n) is 10.4. The second kappa shape index (κ2) is 5.22. The standard InChI is InChI=1S/C13H13F2N3O/c1-8(19)17-10-2-3-18(7-10)13-11(14)4-9(6-16)5-12(13)15/h4-5,10H,2-3,7H2,1H3,(H,17,19). The van der Waals surface area contributed by atoms with Gasteiger partial charge in [0.15, 0.2) is 11.6 Å². The molecule has 1 fully saturated rings. The summed E-state index contributed by atoms with van der Waals surface area (Å²) >= 11 is 0. The monoisotopic (exact) mass is 265 g/mol. The van der Waals surface area contributed by atoms with Crippen LogP contribution < -0.4 is 10.2 Å². The van der Waals surface area contributed by atoms with Crippen LogP contribution in [-0.4, -0.2) is 25.0 Å². The van der Waals surface area contributed by atoms with Crippen molar-refractivity contribution in [3.8, 4) is 6.07 Å². The summed E-state index contributed by atoms with van der Waals surface area (Å²) in [6.45, 7) is 2.23. The van der Waals surface area contributed by atoms with Crippen LogP contribution in [0.15, 0.2) is 12.1 Å². The summed E-state index contributed by atoms with van der Waals surface area (Å²) in [6.07, 6.45) is 0.637. The normalized spacial score (nSPS) is 18.2. The zero-order valence-corrected chi connectivity index (χ0v) is 10.4. The Balaban J connectivity index is 2.20. The van der Waals surface area contributed by atoms with Gasteiger partial charge >= 0.3 is 0 Å². The van der Waals surface area contributed by atoms with E-state index >= 15 is 0 Å². The maximum absolute atomic E-state index is 13.8. The van der Waals surface area contributed by atoms with Crippen LogP contribution in [0.3, 0.4) is 0 Å². The van der Waals surface area contributed by atoms with Crippen molar-refractivity contribution in [1.82, 2.24) is 5.32 Å². The third-order valence-electron chi connectivity index (χ3n) is 3.06. The van der Waals surface area contributed by atoms with Gasteiger partial charge in [0.25, 0.3) is 0 Å². The lowest BCUT2D eigenvalue weighted by atomic mass is 10.2. The Kier molecular flexibility index (Phi) is 3.65. The van der Waals surface area contributed by atoms with Gasteiger partial charge < -0.3 is 10.2 Å². The molecule has 1 unspecified atom stereocenters. The predicted octanol–water partition coefficient (Wildman–Crippen LogP) is 1.55. The minimum Gasteiger partial charge on any atom is -0.365 e. The fraction of sp³-hybridized carbons (Fsp3) is 0.385. The highest BCUT2D eigenvalue weighted by Crippen LogP contribution is 2.28. The molecule has 2 rings (SSSR count). The van der Waals surface area contributed by atoms with Crippen molar-refractivity contribution in [2.75, 3.05) is 18.0 Å². The van der Waals surface area contributed by atoms with Crippen LogP contribution in [0.25, 0.3) is 0 Å². The summed E-state index contributed by atoms with van der Waals surface area (Å²) in [6, 6.07) is 3.64. The molecule has 1 N–H and O–H groups in total. The molecule has 0 spiro atoms. The van der Waals surface area contributed by atoms with E-state index in [1.54, 1.807) is 11.0 Å². The minimum absolute atomic E-state index is 0.0450. The summed E-state index contributed by atoms with van der Waals surface area (Å²) in [5.74, 6) is -1.66. The molecule has 1 aliphatic heterocycles. The number of hydrogen-bond donors (Lipinski definition) is 1. The van der Waals surface area contributed by atoms with E-state index in [2.05, 4.69) is 5.32 Å². The highest BCUT2D eigenvalue weighted by molar-refractivity contribution is 5.73. The maximum atomic E-state index is 13.8. The first-order chi connectivity index (χ1) is 9.01. The summed E-state index contributed by atoms with van der Waals surface area (Å²) < 4.78 is 27.6. The van der Waals surface area contributed by atoms with E-state index in [0.29, 0.717) is 19.5 Å². The maximum Gasteiger partial charge on any atom is 0.217 e. The molecular weight excluding hydrogens is 252 g/mol. The second-order valence-electron chi connectivity index (χ2n) is 4.53. The van der Waals surface area contributed by atoms with Gasteiger partial charge in [-0.25, -0.2) is 8.78 Å². The van der Waals surface area contributed by atoms with Gasteiger partial charge in [0.1, 0.15) is 5.69 Å². The van der Waals surface area contributed by atoms with E-state index < -0.39 is 11.6 Å². The topological polar surface area (TPSA) is 56.1 Å². The molecule has 1 heterocycles. The first-order valence-electron chi connectivity index (χ1n) is 5.92. The molecule has 0 aliphatic carbocycles. The highest BCUT2D eigenvalue weighted by atomic mass is 19.1. The van der Waals surface area contributed by atoms with Gasteiger partial charge in [0.2, 0.25) is 5.91 Å². The number of hydrogen-bond acceptors (Lipinski definition) is 3. The van der Waals surface area contributed by atoms with Gasteiger partial charge in [0, 0.05) is 26.1 Å². The lowest BCUT2D eigenvalue weighted by Gasteiger charge is -2.20. The van der Waals surface area contributed by atoms with Crippen LogP contribution in [0.1, 0.15) is 18.9 Å². The van der Waals surface area contributed by atoms with Crippen LogP contribution in [-0.2, 0) is 4.79 Å². The van der Waals surface area contributed by atoms with Gasteiger partial charge in [-0.05, 0) is 18.6 Å². The van der Waals surface area contributed by atoms with Crippen molar-refractivity contribution in [3.63, 3.8) is 0 Å². The van der Waals surface area contributed by atoms with Crippen LogP contribution >= 0.6 is 0 Å². The Morgan fingerprint density at radius 3 is 2.63 bits per heavy atom. The molecular formula is C13H13F2N3O. The van der Waals surface area contributed by atoms with Gasteiger partial charge in [-0.2, -0.15) is 5.26 Å². The molecule has 1 aromatic carbocycles. The average Bonchev–Trinajstić information content (AvgIpc) is 2.75. The SMILES string of the molecule is CC(=O)NC1CCN(c2c(F)cc(C#N)cc2F)C1. The summed E-state index contributed by atoms with van der Waals surface area (Å²) in [5, 5.41) is 11.4. The number of carbonyl (C=O) groups excluding carboxylic acids is 1. The number of carbonyl (C=O) groups is 1. The summed E-state index contributed by atoms with van der Waals surface area (Å²) in [5.41, 5.74) is -0.178. The van der Waals surface area contributed by atoms with E-state index in [1.165, 1.54) is 6.92 Å². The molecule has 1 aliphatic rings. The molecule has 1 saturated heterocycles. The van der Waals surface area contributed by atoms with Crippen LogP contribution in [0.5, 0.6) is 0 Å². The minimum atomic E-state index is -0.750. The van der Waals surface area contributed by atoms with Crippen molar-refractivity contribution in [3.05, 3.63) is 29.3 Å². The molecule has 4 nitrogen and oxygen atoms in total. The molecule has 1 atom stereocenters. The fourth-order valence-corrected chi connectivity index (χ4v) is 2.30. The quantitative estimate of drug-likeness (QED) is 0.882. The van der Waals surface area contributed by atoms with Gasteiger partial charge in [-0.1, -0.05) is 0 Å². The smallest absolute Gasteiger partial charge is 0.217 e. The number of nitrogens with one attached hydrogen (secondary N) is 1. The van der Waals surface area contributed by atoms with Crippen LogP contribution in [0.2, 0.25) is 0 Å². The highest BCUT2D eigenvalue weighted by Gasteiger charge is 2.27. The van der Waals surface area contributed by atoms with Gasteiger partial charge in [-0.15, -0.1) is 0 Å². The third-order valence-corrected chi connectivity index (χ3v) is 3.06. The Labute approximate surface area is 109 Å². The largest absolute Gasteiger partial charge is 0.365 e. The van der Waals surface area contributed by atoms with E-state index in [1.807, 2.05) is 0 Å². The predicted molar refractivity (Wildman–Crippen MR) is 65.5 cm³/mol. The van der Waals surface area contributed by atoms with E-state index in [9.17, 15) is 13.6 Å². The first kappa shape index (κ1) is 13.3. The molecule has 6 heteroatoms. The molecule has 19 heavy (non-hydrogen) atoms. The molecule has 0 saturated carbocycles. The molecule has 0 aromatic heterocycles. The van der Waals surface area contributed by atoms with Crippen LogP contribution in [0, 0.1) is 23.0 Å². The zero-order chi connectivity index (χ0) is 14.0. The van der Waals surface area contributed by atoms with Crippen molar-refractivity contribution in [2.24, 2.45) is 0 Å². The van der Waals surface area contributed by atoms with Crippen molar-refractivity contribution < 1.29 is 13.6 Å². The van der Waals surface area contributed by atoms with Crippen molar-refractivity contribution >= 4 is 11.6 Å². The molecule has 0 bridgehead atoms. The molecule has 0 radical (unpaired) electrons. The van der Waals surface area contributed by atoms with E-state index in [0.717, 1.165) is 12.1 Å². The summed E-state index contributed by atoms with van der Waals surface area (Å²) in [4.78, 5) is 12.5. The average molecular weight is 265 g/mol. The summed E-state index contributed by atoms with van der Waals surface area (Å²) in [7, 11) is 0. The first-order valence-corrected chi connectivity index (χ1v) is 5.92. The molecule has 1 aromatic rings. The van der Waals surface area contributed by atoms with Crippen molar-refractivity contribution in [1.29, 1.82) is 5.26 Å². The van der Waals surface area contributed by atoms with Crippen LogP contribution in [0.4, 0.5) is 14.5 Å². The fourth-order valence-electron chi connectivity index (χ4n) is 2.30. The molecule has 100 valence electrons. The van der Waals surface area contributed by atoms with Crippen molar-refractivity contribution in [2.45, 2.75) is 19.4 Å². The lowest BCUT2D eigenvalue weighted by molar-refractivity contribution is -0.119. The number of halogens is 2.